The van der Waals surface area contributed by atoms with Gasteiger partial charge in [0.05, 0.1) is 26.3 Å². The normalized spacial score (nSPS) is 17.1. The second-order valence-electron chi connectivity index (χ2n) is 7.60. The number of hydrogen-bond acceptors (Lipinski definition) is 4. The summed E-state index contributed by atoms with van der Waals surface area (Å²) in [5.41, 5.74) is 1.68. The number of ether oxygens (including phenoxy) is 3. The average Bonchev–Trinajstić information content (AvgIpc) is 3.27. The Hall–Kier alpha value is -3.10. The summed E-state index contributed by atoms with van der Waals surface area (Å²) in [6, 6.07) is 11.1. The highest BCUT2D eigenvalue weighted by atomic mass is 19.4. The van der Waals surface area contributed by atoms with Crippen molar-refractivity contribution in [2.24, 2.45) is 0 Å². The van der Waals surface area contributed by atoms with Crippen molar-refractivity contribution in [3.8, 4) is 17.2 Å². The second-order valence-corrected chi connectivity index (χ2v) is 7.60. The number of nitrogens with zero attached hydrogens (tertiary/aromatic N) is 1. The molecule has 2 unspecified atom stereocenters. The molecular formula is C23H27F3N2O4. The predicted molar refractivity (Wildman–Crippen MR) is 113 cm³/mol. The van der Waals surface area contributed by atoms with Crippen molar-refractivity contribution in [3.63, 3.8) is 0 Å². The summed E-state index contributed by atoms with van der Waals surface area (Å²) in [5.74, 6) is 1.46. The van der Waals surface area contributed by atoms with Gasteiger partial charge in [-0.2, -0.15) is 13.2 Å². The van der Waals surface area contributed by atoms with Crippen molar-refractivity contribution in [1.82, 2.24) is 10.2 Å². The number of nitrogens with one attached hydrogen (secondary N) is 1. The Kier molecular flexibility index (Phi) is 7.37. The standard InChI is InChI=1S/C23H27F3N2O4/c1-15(16-6-8-17(9-7-16)32-14-23(24,25)26)27-22(29)28-12-4-5-20(28)19-11-10-18(30-2)13-21(19)31-3/h6-11,13,15,20H,4-5,12,14H2,1-3H3,(H,27,29). The van der Waals surface area contributed by atoms with E-state index in [4.69, 9.17) is 14.2 Å². The summed E-state index contributed by atoms with van der Waals surface area (Å²) in [7, 11) is 3.17. The smallest absolute Gasteiger partial charge is 0.422 e. The Morgan fingerprint density at radius 1 is 1.12 bits per heavy atom. The molecule has 2 amide bonds. The van der Waals surface area contributed by atoms with Crippen molar-refractivity contribution in [2.75, 3.05) is 27.4 Å². The van der Waals surface area contributed by atoms with Gasteiger partial charge in [0, 0.05) is 18.2 Å². The summed E-state index contributed by atoms with van der Waals surface area (Å²) < 4.78 is 52.4. The number of halogens is 3. The highest BCUT2D eigenvalue weighted by Crippen LogP contribution is 2.38. The van der Waals surface area contributed by atoms with Crippen LogP contribution >= 0.6 is 0 Å². The van der Waals surface area contributed by atoms with E-state index in [2.05, 4.69) is 5.32 Å². The summed E-state index contributed by atoms with van der Waals surface area (Å²) in [6.45, 7) is 1.09. The molecule has 6 nitrogen and oxygen atoms in total. The largest absolute Gasteiger partial charge is 0.497 e. The van der Waals surface area contributed by atoms with Gasteiger partial charge in [-0.1, -0.05) is 12.1 Å². The van der Waals surface area contributed by atoms with Crippen LogP contribution in [0.5, 0.6) is 17.2 Å². The van der Waals surface area contributed by atoms with Crippen LogP contribution in [0.15, 0.2) is 42.5 Å². The highest BCUT2D eigenvalue weighted by Gasteiger charge is 2.33. The molecule has 0 spiro atoms. The Labute approximate surface area is 185 Å². The first-order valence-corrected chi connectivity index (χ1v) is 10.3. The molecule has 0 bridgehead atoms. The zero-order valence-corrected chi connectivity index (χ0v) is 18.2. The number of amides is 2. The van der Waals surface area contributed by atoms with E-state index < -0.39 is 12.8 Å². The Morgan fingerprint density at radius 3 is 2.44 bits per heavy atom. The SMILES string of the molecule is COc1ccc(C2CCCN2C(=O)NC(C)c2ccc(OCC(F)(F)F)cc2)c(OC)c1. The number of likely N-dealkylation sites (tertiary alicyclic amines) is 1. The van der Waals surface area contributed by atoms with Crippen molar-refractivity contribution >= 4 is 6.03 Å². The first-order valence-electron chi connectivity index (χ1n) is 10.3. The minimum atomic E-state index is -4.39. The van der Waals surface area contributed by atoms with E-state index in [1.165, 1.54) is 12.1 Å². The third kappa shape index (κ3) is 5.77. The van der Waals surface area contributed by atoms with Gasteiger partial charge in [-0.3, -0.25) is 0 Å². The lowest BCUT2D eigenvalue weighted by molar-refractivity contribution is -0.153. The van der Waals surface area contributed by atoms with Crippen LogP contribution in [0.3, 0.4) is 0 Å². The van der Waals surface area contributed by atoms with Crippen molar-refractivity contribution < 1.29 is 32.2 Å². The molecule has 1 fully saturated rings. The molecule has 0 saturated carbocycles. The van der Waals surface area contributed by atoms with Gasteiger partial charge >= 0.3 is 12.2 Å². The van der Waals surface area contributed by atoms with E-state index in [0.717, 1.165) is 24.0 Å². The van der Waals surface area contributed by atoms with E-state index in [1.54, 1.807) is 37.3 Å². The van der Waals surface area contributed by atoms with Crippen LogP contribution in [-0.4, -0.2) is 44.5 Å². The van der Waals surface area contributed by atoms with Crippen LogP contribution in [0.1, 0.15) is 43.0 Å². The van der Waals surface area contributed by atoms with Crippen molar-refractivity contribution in [3.05, 3.63) is 53.6 Å². The van der Waals surface area contributed by atoms with Gasteiger partial charge in [0.25, 0.3) is 0 Å². The molecule has 3 rings (SSSR count). The van der Waals surface area contributed by atoms with E-state index in [1.807, 2.05) is 19.1 Å². The van der Waals surface area contributed by atoms with Crippen LogP contribution in [0.2, 0.25) is 0 Å². The quantitative estimate of drug-likeness (QED) is 0.623. The molecule has 9 heteroatoms. The van der Waals surface area contributed by atoms with Crippen molar-refractivity contribution in [1.29, 1.82) is 0 Å². The lowest BCUT2D eigenvalue weighted by atomic mass is 10.0. The van der Waals surface area contributed by atoms with Crippen LogP contribution < -0.4 is 19.5 Å². The van der Waals surface area contributed by atoms with Crippen LogP contribution in [0.25, 0.3) is 0 Å². The summed E-state index contributed by atoms with van der Waals surface area (Å²) in [5, 5.41) is 2.97. The van der Waals surface area contributed by atoms with E-state index in [-0.39, 0.29) is 23.9 Å². The molecule has 1 saturated heterocycles. The third-order valence-electron chi connectivity index (χ3n) is 5.44. The van der Waals surface area contributed by atoms with E-state index in [9.17, 15) is 18.0 Å². The molecule has 0 radical (unpaired) electrons. The van der Waals surface area contributed by atoms with Crippen LogP contribution in [0.4, 0.5) is 18.0 Å². The van der Waals surface area contributed by atoms with E-state index in [0.29, 0.717) is 18.0 Å². The Morgan fingerprint density at radius 2 is 1.81 bits per heavy atom. The maximum absolute atomic E-state index is 13.0. The van der Waals surface area contributed by atoms with Gasteiger partial charge in [-0.15, -0.1) is 0 Å². The Bertz CT molecular complexity index is 918. The summed E-state index contributed by atoms with van der Waals surface area (Å²) in [4.78, 5) is 14.8. The van der Waals surface area contributed by atoms with Crippen LogP contribution in [0, 0.1) is 0 Å². The molecule has 1 N–H and O–H groups in total. The number of methoxy groups -OCH3 is 2. The summed E-state index contributed by atoms with van der Waals surface area (Å²) >= 11 is 0. The fourth-order valence-electron chi connectivity index (χ4n) is 3.80. The molecule has 32 heavy (non-hydrogen) atoms. The van der Waals surface area contributed by atoms with Gasteiger partial charge in [-0.25, -0.2) is 4.79 Å². The second kappa shape index (κ2) is 10.0. The first kappa shape index (κ1) is 23.6. The third-order valence-corrected chi connectivity index (χ3v) is 5.44. The van der Waals surface area contributed by atoms with Gasteiger partial charge in [0.1, 0.15) is 17.2 Å². The van der Waals surface area contributed by atoms with Crippen LogP contribution in [-0.2, 0) is 0 Å². The van der Waals surface area contributed by atoms with Gasteiger partial charge in [0.2, 0.25) is 0 Å². The topological polar surface area (TPSA) is 60.0 Å². The molecule has 0 aliphatic carbocycles. The molecule has 2 aromatic carbocycles. The fraction of sp³-hybridized carbons (Fsp3) is 0.435. The molecule has 174 valence electrons. The van der Waals surface area contributed by atoms with Gasteiger partial charge < -0.3 is 24.4 Å². The molecule has 1 heterocycles. The number of carbonyl (C=O) groups is 1. The van der Waals surface area contributed by atoms with E-state index >= 15 is 0 Å². The number of hydrogen-bond donors (Lipinski definition) is 1. The molecule has 1 aliphatic rings. The minimum Gasteiger partial charge on any atom is -0.497 e. The van der Waals surface area contributed by atoms with Gasteiger partial charge in [0.15, 0.2) is 6.61 Å². The maximum atomic E-state index is 13.0. The molecule has 0 aromatic heterocycles. The summed E-state index contributed by atoms with van der Waals surface area (Å²) in [6.07, 6.45) is -2.71. The minimum absolute atomic E-state index is 0.121. The lowest BCUT2D eigenvalue weighted by Gasteiger charge is -2.28. The zero-order chi connectivity index (χ0) is 23.3. The highest BCUT2D eigenvalue weighted by molar-refractivity contribution is 5.76. The van der Waals surface area contributed by atoms with Crippen molar-refractivity contribution in [2.45, 2.75) is 38.0 Å². The van der Waals surface area contributed by atoms with Gasteiger partial charge in [-0.05, 0) is 49.6 Å². The number of urea groups is 1. The first-order chi connectivity index (χ1) is 15.2. The number of carbonyl (C=O) groups excluding carboxylic acids is 1. The predicted octanol–water partition coefficient (Wildman–Crippen LogP) is 5.25. The molecular weight excluding hydrogens is 425 g/mol. The zero-order valence-electron chi connectivity index (χ0n) is 18.2. The monoisotopic (exact) mass is 452 g/mol. The Balaban J connectivity index is 1.66. The number of rotatable bonds is 7. The molecule has 1 aliphatic heterocycles. The molecule has 2 atom stereocenters. The number of alkyl halides is 3. The lowest BCUT2D eigenvalue weighted by Crippen LogP contribution is -2.40. The maximum Gasteiger partial charge on any atom is 0.422 e. The number of benzene rings is 2. The fourth-order valence-corrected chi connectivity index (χ4v) is 3.80. The average molecular weight is 452 g/mol. The molecule has 2 aromatic rings.